The van der Waals surface area contributed by atoms with Gasteiger partial charge in [-0.1, -0.05) is 52.5 Å². The van der Waals surface area contributed by atoms with Crippen molar-refractivity contribution >= 4 is 57.8 Å². The molecule has 0 spiro atoms. The molecule has 1 aliphatic heterocycles. The van der Waals surface area contributed by atoms with Crippen LogP contribution in [0.3, 0.4) is 0 Å². The molecule has 4 rings (SSSR count). The molecule has 0 aromatic heterocycles. The molecular weight excluding hydrogens is 486 g/mol. The summed E-state index contributed by atoms with van der Waals surface area (Å²) in [6.07, 6.45) is 3.72. The summed E-state index contributed by atoms with van der Waals surface area (Å²) < 4.78 is 6.05. The molecule has 3 aromatic carbocycles. The Morgan fingerprint density at radius 1 is 0.812 bits per heavy atom. The van der Waals surface area contributed by atoms with Crippen LogP contribution in [-0.2, 0) is 13.2 Å². The lowest BCUT2D eigenvalue weighted by molar-refractivity contribution is 0.303. The van der Waals surface area contributed by atoms with Crippen molar-refractivity contribution in [3.63, 3.8) is 0 Å². The lowest BCUT2D eigenvalue weighted by Gasteiger charge is -2.29. The largest absolute Gasteiger partial charge is 0.488 e. The maximum absolute atomic E-state index is 6.60. The van der Waals surface area contributed by atoms with E-state index in [1.807, 2.05) is 24.3 Å². The third-order valence-corrected chi connectivity index (χ3v) is 6.83. The number of rotatable bonds is 7. The maximum atomic E-state index is 6.60. The van der Waals surface area contributed by atoms with Crippen molar-refractivity contribution in [3.05, 3.63) is 85.8 Å². The Kier molecular flexibility index (Phi) is 7.96. The van der Waals surface area contributed by atoms with Gasteiger partial charge in [0.2, 0.25) is 0 Å². The topological polar surface area (TPSA) is 24.5 Å². The first-order valence-corrected chi connectivity index (χ1v) is 12.1. The van der Waals surface area contributed by atoms with Crippen molar-refractivity contribution in [1.82, 2.24) is 0 Å². The number of hydrogen-bond acceptors (Lipinski definition) is 3. The van der Waals surface area contributed by atoms with Crippen molar-refractivity contribution in [3.8, 4) is 5.75 Å². The minimum Gasteiger partial charge on any atom is -0.488 e. The molecule has 168 valence electrons. The van der Waals surface area contributed by atoms with Crippen LogP contribution >= 0.6 is 46.4 Å². The molecule has 0 bridgehead atoms. The van der Waals surface area contributed by atoms with E-state index in [0.29, 0.717) is 27.4 Å². The predicted molar refractivity (Wildman–Crippen MR) is 137 cm³/mol. The van der Waals surface area contributed by atoms with Crippen LogP contribution in [0.15, 0.2) is 54.6 Å². The number of nitrogens with zero attached hydrogens (tertiary/aromatic N) is 1. The van der Waals surface area contributed by atoms with E-state index in [-0.39, 0.29) is 6.61 Å². The average molecular weight is 510 g/mol. The highest BCUT2D eigenvalue weighted by Gasteiger charge is 2.14. The molecule has 3 aromatic rings. The van der Waals surface area contributed by atoms with Crippen LogP contribution in [0.5, 0.6) is 5.75 Å². The van der Waals surface area contributed by atoms with Crippen LogP contribution in [0.4, 0.5) is 11.4 Å². The molecule has 0 radical (unpaired) electrons. The number of benzene rings is 3. The third kappa shape index (κ3) is 5.77. The number of halogens is 4. The van der Waals surface area contributed by atoms with Gasteiger partial charge in [0, 0.05) is 51.5 Å². The normalized spacial score (nSPS) is 13.8. The van der Waals surface area contributed by atoms with E-state index < -0.39 is 0 Å². The molecule has 3 nitrogen and oxygen atoms in total. The number of piperidine rings is 1. The molecule has 32 heavy (non-hydrogen) atoms. The quantitative estimate of drug-likeness (QED) is 0.345. The van der Waals surface area contributed by atoms with Crippen molar-refractivity contribution < 1.29 is 4.74 Å². The first-order valence-electron chi connectivity index (χ1n) is 10.6. The molecule has 0 amide bonds. The van der Waals surface area contributed by atoms with Gasteiger partial charge in [0.25, 0.3) is 0 Å². The summed E-state index contributed by atoms with van der Waals surface area (Å²) in [5.41, 5.74) is 3.72. The van der Waals surface area contributed by atoms with Gasteiger partial charge < -0.3 is 15.0 Å². The highest BCUT2D eigenvalue weighted by atomic mass is 35.5. The summed E-state index contributed by atoms with van der Waals surface area (Å²) in [6.45, 7) is 2.92. The third-order valence-electron chi connectivity index (χ3n) is 5.58. The van der Waals surface area contributed by atoms with Crippen molar-refractivity contribution in [1.29, 1.82) is 0 Å². The Labute approximate surface area is 209 Å². The zero-order valence-corrected chi connectivity index (χ0v) is 20.5. The van der Waals surface area contributed by atoms with Crippen LogP contribution in [0, 0.1) is 0 Å². The Bertz CT molecular complexity index is 1060. The van der Waals surface area contributed by atoms with Gasteiger partial charge in [0.1, 0.15) is 12.4 Å². The van der Waals surface area contributed by atoms with Gasteiger partial charge in [0.15, 0.2) is 0 Å². The zero-order valence-electron chi connectivity index (χ0n) is 17.5. The Balaban J connectivity index is 1.45. The summed E-state index contributed by atoms with van der Waals surface area (Å²) in [5, 5.41) is 5.98. The van der Waals surface area contributed by atoms with Crippen molar-refractivity contribution in [2.45, 2.75) is 32.4 Å². The van der Waals surface area contributed by atoms with Crippen LogP contribution in [0.25, 0.3) is 0 Å². The molecule has 0 aliphatic carbocycles. The second kappa shape index (κ2) is 10.9. The van der Waals surface area contributed by atoms with Gasteiger partial charge in [-0.05, 0) is 67.8 Å². The Morgan fingerprint density at radius 2 is 1.56 bits per heavy atom. The monoisotopic (exact) mass is 508 g/mol. The smallest absolute Gasteiger partial charge is 0.124 e. The molecular formula is C25H24Cl4N2O. The van der Waals surface area contributed by atoms with E-state index in [4.69, 9.17) is 51.1 Å². The van der Waals surface area contributed by atoms with Gasteiger partial charge in [-0.3, -0.25) is 0 Å². The molecule has 1 saturated heterocycles. The van der Waals surface area contributed by atoms with Crippen molar-refractivity contribution in [2.75, 3.05) is 23.3 Å². The molecule has 1 N–H and O–H groups in total. The summed E-state index contributed by atoms with van der Waals surface area (Å²) in [5.74, 6) is 0.717. The van der Waals surface area contributed by atoms with E-state index in [1.165, 1.54) is 19.3 Å². The van der Waals surface area contributed by atoms with E-state index in [9.17, 15) is 0 Å². The van der Waals surface area contributed by atoms with Crippen molar-refractivity contribution in [2.24, 2.45) is 0 Å². The highest BCUT2D eigenvalue weighted by molar-refractivity contribution is 6.36. The van der Waals surface area contributed by atoms with Gasteiger partial charge in [-0.25, -0.2) is 0 Å². The van der Waals surface area contributed by atoms with Gasteiger partial charge in [0.05, 0.1) is 10.7 Å². The summed E-state index contributed by atoms with van der Waals surface area (Å²) >= 11 is 25.4. The van der Waals surface area contributed by atoms with Gasteiger partial charge >= 0.3 is 0 Å². The first kappa shape index (κ1) is 23.4. The SMILES string of the molecule is Clc1ccc(OCc2c(Cl)cccc2Cl)c(CNc2ccc(N3CCCCC3)c(Cl)c2)c1. The van der Waals surface area contributed by atoms with Crippen LogP contribution in [0.1, 0.15) is 30.4 Å². The average Bonchev–Trinajstić information content (AvgIpc) is 2.79. The molecule has 7 heteroatoms. The number of hydrogen-bond donors (Lipinski definition) is 1. The summed E-state index contributed by atoms with van der Waals surface area (Å²) in [4.78, 5) is 2.36. The number of ether oxygens (including phenoxy) is 1. The van der Waals surface area contributed by atoms with Crippen LogP contribution in [-0.4, -0.2) is 13.1 Å². The Morgan fingerprint density at radius 3 is 2.28 bits per heavy atom. The van der Waals surface area contributed by atoms with Gasteiger partial charge in [-0.15, -0.1) is 0 Å². The first-order chi connectivity index (χ1) is 15.5. The van der Waals surface area contributed by atoms with E-state index in [0.717, 1.165) is 40.6 Å². The molecule has 0 atom stereocenters. The van der Waals surface area contributed by atoms with E-state index in [2.05, 4.69) is 22.3 Å². The minimum atomic E-state index is 0.267. The number of nitrogens with one attached hydrogen (secondary N) is 1. The fourth-order valence-corrected chi connectivity index (χ4v) is 4.85. The maximum Gasteiger partial charge on any atom is 0.124 e. The summed E-state index contributed by atoms with van der Waals surface area (Å²) in [6, 6.07) is 17.1. The van der Waals surface area contributed by atoms with E-state index >= 15 is 0 Å². The standard InChI is InChI=1S/C25H24Cl4N2O/c26-18-7-10-25(32-16-20-21(27)5-4-6-22(20)28)17(13-18)15-30-19-8-9-24(23(29)14-19)31-11-2-1-3-12-31/h4-10,13-14,30H,1-3,11-12,15-16H2. The lowest BCUT2D eigenvalue weighted by Crippen LogP contribution is -2.29. The Hall–Kier alpha value is -1.78. The fraction of sp³-hybridized carbons (Fsp3) is 0.280. The second-order valence-electron chi connectivity index (χ2n) is 7.81. The zero-order chi connectivity index (χ0) is 22.5. The van der Waals surface area contributed by atoms with Crippen LogP contribution in [0.2, 0.25) is 20.1 Å². The molecule has 0 unspecified atom stereocenters. The fourth-order valence-electron chi connectivity index (χ4n) is 3.85. The highest BCUT2D eigenvalue weighted by Crippen LogP contribution is 2.32. The lowest BCUT2D eigenvalue weighted by atomic mass is 10.1. The molecule has 1 heterocycles. The van der Waals surface area contributed by atoms with Gasteiger partial charge in [-0.2, -0.15) is 0 Å². The second-order valence-corrected chi connectivity index (χ2v) is 9.47. The predicted octanol–water partition coefficient (Wildman–Crippen LogP) is 8.48. The van der Waals surface area contributed by atoms with Crippen LogP contribution < -0.4 is 15.0 Å². The summed E-state index contributed by atoms with van der Waals surface area (Å²) in [7, 11) is 0. The van der Waals surface area contributed by atoms with E-state index in [1.54, 1.807) is 18.2 Å². The minimum absolute atomic E-state index is 0.267. The molecule has 1 fully saturated rings. The molecule has 1 aliphatic rings. The number of anilines is 2. The molecule has 0 saturated carbocycles.